The number of rotatable bonds is 13. The molecule has 0 unspecified atom stereocenters. The first-order valence-electron chi connectivity index (χ1n) is 14.6. The summed E-state index contributed by atoms with van der Waals surface area (Å²) in [7, 11) is -4.15. The van der Waals surface area contributed by atoms with Crippen molar-refractivity contribution in [2.75, 3.05) is 10.8 Å². The van der Waals surface area contributed by atoms with Gasteiger partial charge in [-0.05, 0) is 61.2 Å². The molecule has 7 nitrogen and oxygen atoms in total. The van der Waals surface area contributed by atoms with Crippen molar-refractivity contribution >= 4 is 39.1 Å². The monoisotopic (exact) mass is 631 g/mol. The molecule has 0 heterocycles. The maximum absolute atomic E-state index is 14.5. The van der Waals surface area contributed by atoms with E-state index >= 15 is 0 Å². The minimum atomic E-state index is -4.15. The topological polar surface area (TPSA) is 86.8 Å². The number of nitrogens with one attached hydrogen (secondary N) is 1. The molecular weight excluding hydrogens is 594 g/mol. The minimum Gasteiger partial charge on any atom is -0.352 e. The standard InChI is InChI=1S/C35H38ClN3O4S/c1-4-27(3)37-35(41)33(23-28-16-7-5-8-17-28)38(24-29-18-12-13-21-31(29)36)34(40)25-39(32-22-14-11-15-26(32)2)44(42,43)30-19-9-6-10-20-30/h5-22,27,33H,4,23-25H2,1-3H3,(H,37,41)/t27-,33+/m0/s1. The average Bonchev–Trinajstić information content (AvgIpc) is 3.03. The SMILES string of the molecule is CC[C@H](C)NC(=O)[C@@H](Cc1ccccc1)N(Cc1ccccc1Cl)C(=O)CN(c1ccccc1C)S(=O)(=O)c1ccccc1. The lowest BCUT2D eigenvalue weighted by molar-refractivity contribution is -0.140. The van der Waals surface area contributed by atoms with Crippen LogP contribution in [0.15, 0.2) is 114 Å². The molecule has 0 aliphatic carbocycles. The number of hydrogen-bond acceptors (Lipinski definition) is 4. The Balaban J connectivity index is 1.82. The Labute approximate surface area is 265 Å². The van der Waals surface area contributed by atoms with E-state index in [2.05, 4.69) is 5.32 Å². The zero-order chi connectivity index (χ0) is 31.7. The fourth-order valence-corrected chi connectivity index (χ4v) is 6.58. The number of nitrogens with zero attached hydrogens (tertiary/aromatic N) is 2. The molecule has 0 saturated carbocycles. The Morgan fingerprint density at radius 2 is 1.43 bits per heavy atom. The maximum Gasteiger partial charge on any atom is 0.264 e. The van der Waals surface area contributed by atoms with Gasteiger partial charge >= 0.3 is 0 Å². The number of para-hydroxylation sites is 1. The van der Waals surface area contributed by atoms with Crippen LogP contribution in [0.2, 0.25) is 5.02 Å². The van der Waals surface area contributed by atoms with Crippen LogP contribution in [0.5, 0.6) is 0 Å². The van der Waals surface area contributed by atoms with E-state index in [9.17, 15) is 18.0 Å². The lowest BCUT2D eigenvalue weighted by atomic mass is 10.0. The van der Waals surface area contributed by atoms with Crippen LogP contribution in [0, 0.1) is 6.92 Å². The molecule has 44 heavy (non-hydrogen) atoms. The summed E-state index contributed by atoms with van der Waals surface area (Å²) in [4.78, 5) is 29.9. The number of carbonyl (C=O) groups excluding carboxylic acids is 2. The second-order valence-electron chi connectivity index (χ2n) is 10.7. The maximum atomic E-state index is 14.5. The second kappa shape index (κ2) is 15.0. The number of halogens is 1. The molecule has 4 aromatic rings. The van der Waals surface area contributed by atoms with E-state index in [-0.39, 0.29) is 29.8 Å². The van der Waals surface area contributed by atoms with Crippen molar-refractivity contribution in [3.8, 4) is 0 Å². The Kier molecular flexibility index (Phi) is 11.2. The summed E-state index contributed by atoms with van der Waals surface area (Å²) in [5, 5.41) is 3.48. The van der Waals surface area contributed by atoms with Gasteiger partial charge in [-0.1, -0.05) is 103 Å². The highest BCUT2D eigenvalue weighted by atomic mass is 35.5. The summed E-state index contributed by atoms with van der Waals surface area (Å²) in [6.07, 6.45) is 0.938. The Hall–Kier alpha value is -4.14. The predicted octanol–water partition coefficient (Wildman–Crippen LogP) is 6.40. The van der Waals surface area contributed by atoms with Crippen LogP contribution in [-0.4, -0.2) is 43.8 Å². The van der Waals surface area contributed by atoms with E-state index in [4.69, 9.17) is 11.6 Å². The van der Waals surface area contributed by atoms with Crippen LogP contribution in [0.4, 0.5) is 5.69 Å². The molecule has 4 aromatic carbocycles. The van der Waals surface area contributed by atoms with Crippen molar-refractivity contribution < 1.29 is 18.0 Å². The predicted molar refractivity (Wildman–Crippen MR) is 176 cm³/mol. The zero-order valence-electron chi connectivity index (χ0n) is 25.2. The first-order valence-corrected chi connectivity index (χ1v) is 16.4. The number of aryl methyl sites for hydroxylation is 1. The summed E-state index contributed by atoms with van der Waals surface area (Å²) < 4.78 is 29.3. The van der Waals surface area contributed by atoms with E-state index in [1.165, 1.54) is 17.0 Å². The highest BCUT2D eigenvalue weighted by Gasteiger charge is 2.35. The number of benzene rings is 4. The summed E-state index contributed by atoms with van der Waals surface area (Å²) in [6.45, 7) is 5.17. The van der Waals surface area contributed by atoms with Crippen LogP contribution in [0.1, 0.15) is 37.0 Å². The third-order valence-corrected chi connectivity index (χ3v) is 9.71. The molecule has 0 aliphatic heterocycles. The quantitative estimate of drug-likeness (QED) is 0.185. The van der Waals surface area contributed by atoms with Gasteiger partial charge in [0.2, 0.25) is 11.8 Å². The van der Waals surface area contributed by atoms with Gasteiger partial charge < -0.3 is 10.2 Å². The minimum absolute atomic E-state index is 0.0108. The molecular formula is C35H38ClN3O4S. The number of hydrogen-bond donors (Lipinski definition) is 1. The first-order chi connectivity index (χ1) is 21.1. The molecule has 4 rings (SSSR count). The Bertz CT molecular complexity index is 1670. The van der Waals surface area contributed by atoms with Crippen molar-refractivity contribution in [1.29, 1.82) is 0 Å². The average molecular weight is 632 g/mol. The van der Waals surface area contributed by atoms with Crippen molar-refractivity contribution in [3.63, 3.8) is 0 Å². The molecule has 0 aromatic heterocycles. The van der Waals surface area contributed by atoms with Gasteiger partial charge in [-0.2, -0.15) is 0 Å². The van der Waals surface area contributed by atoms with Crippen LogP contribution in [-0.2, 0) is 32.6 Å². The molecule has 0 bridgehead atoms. The van der Waals surface area contributed by atoms with Gasteiger partial charge in [0, 0.05) is 24.0 Å². The molecule has 230 valence electrons. The van der Waals surface area contributed by atoms with Crippen LogP contribution in [0.3, 0.4) is 0 Å². The molecule has 0 aliphatic rings. The summed E-state index contributed by atoms with van der Waals surface area (Å²) in [5.74, 6) is -0.857. The van der Waals surface area contributed by atoms with E-state index < -0.39 is 28.5 Å². The van der Waals surface area contributed by atoms with Crippen LogP contribution < -0.4 is 9.62 Å². The summed E-state index contributed by atoms with van der Waals surface area (Å²) in [6, 6.07) is 30.6. The highest BCUT2D eigenvalue weighted by molar-refractivity contribution is 7.92. The molecule has 2 atom stereocenters. The van der Waals surface area contributed by atoms with E-state index in [0.717, 1.165) is 9.87 Å². The third-order valence-electron chi connectivity index (χ3n) is 7.56. The van der Waals surface area contributed by atoms with Gasteiger partial charge in [-0.15, -0.1) is 0 Å². The fourth-order valence-electron chi connectivity index (χ4n) is 4.88. The van der Waals surface area contributed by atoms with Gasteiger partial charge in [0.1, 0.15) is 12.6 Å². The number of carbonyl (C=O) groups is 2. The Morgan fingerprint density at radius 1 is 0.841 bits per heavy atom. The molecule has 0 spiro atoms. The summed E-state index contributed by atoms with van der Waals surface area (Å²) >= 11 is 6.55. The van der Waals surface area contributed by atoms with Crippen LogP contribution in [0.25, 0.3) is 0 Å². The zero-order valence-corrected chi connectivity index (χ0v) is 26.8. The number of sulfonamides is 1. The molecule has 2 amide bonds. The third kappa shape index (κ3) is 8.07. The van der Waals surface area contributed by atoms with E-state index in [1.807, 2.05) is 56.3 Å². The summed E-state index contributed by atoms with van der Waals surface area (Å²) in [5.41, 5.74) is 2.57. The van der Waals surface area contributed by atoms with Gasteiger partial charge in [0.25, 0.3) is 10.0 Å². The molecule has 9 heteroatoms. The smallest absolute Gasteiger partial charge is 0.264 e. The lowest BCUT2D eigenvalue weighted by Crippen LogP contribution is -2.54. The molecule has 0 fully saturated rings. The van der Waals surface area contributed by atoms with Gasteiger partial charge in [0.15, 0.2) is 0 Å². The largest absolute Gasteiger partial charge is 0.352 e. The molecule has 0 radical (unpaired) electrons. The Morgan fingerprint density at radius 3 is 2.07 bits per heavy atom. The first kappa shape index (κ1) is 32.8. The van der Waals surface area contributed by atoms with Crippen LogP contribution >= 0.6 is 11.6 Å². The molecule has 0 saturated heterocycles. The van der Waals surface area contributed by atoms with Crippen molar-refractivity contribution in [1.82, 2.24) is 10.2 Å². The normalized spacial score (nSPS) is 12.6. The van der Waals surface area contributed by atoms with Gasteiger partial charge in [0.05, 0.1) is 10.6 Å². The van der Waals surface area contributed by atoms with Crippen molar-refractivity contribution in [2.24, 2.45) is 0 Å². The number of anilines is 1. The van der Waals surface area contributed by atoms with Gasteiger partial charge in [-0.3, -0.25) is 13.9 Å². The fraction of sp³-hybridized carbons (Fsp3) is 0.257. The number of amides is 2. The van der Waals surface area contributed by atoms with Crippen molar-refractivity contribution in [2.45, 2.75) is 57.1 Å². The second-order valence-corrected chi connectivity index (χ2v) is 13.0. The lowest BCUT2D eigenvalue weighted by Gasteiger charge is -2.34. The highest BCUT2D eigenvalue weighted by Crippen LogP contribution is 2.28. The van der Waals surface area contributed by atoms with Crippen molar-refractivity contribution in [3.05, 3.63) is 131 Å². The van der Waals surface area contributed by atoms with E-state index in [0.29, 0.717) is 28.3 Å². The van der Waals surface area contributed by atoms with Gasteiger partial charge in [-0.25, -0.2) is 8.42 Å². The van der Waals surface area contributed by atoms with E-state index in [1.54, 1.807) is 61.5 Å². The molecule has 1 N–H and O–H groups in total.